The molecule has 1 aliphatic rings. The number of carbonyl (C=O) groups is 3. The summed E-state index contributed by atoms with van der Waals surface area (Å²) in [5, 5.41) is 0. The van der Waals surface area contributed by atoms with Crippen molar-refractivity contribution < 1.29 is 28.6 Å². The maximum absolute atomic E-state index is 13.4. The summed E-state index contributed by atoms with van der Waals surface area (Å²) in [6, 6.07) is 18.2. The van der Waals surface area contributed by atoms with Gasteiger partial charge in [0, 0.05) is 6.42 Å². The van der Waals surface area contributed by atoms with E-state index in [1.165, 1.54) is 0 Å². The Hall–Kier alpha value is -3.87. The summed E-state index contributed by atoms with van der Waals surface area (Å²) in [5.41, 5.74) is 0.888. The summed E-state index contributed by atoms with van der Waals surface area (Å²) in [5.74, 6) is 0. The Morgan fingerprint density at radius 3 is 2.20 bits per heavy atom. The van der Waals surface area contributed by atoms with Crippen LogP contribution in [0.3, 0.4) is 0 Å². The fourth-order valence-electron chi connectivity index (χ4n) is 4.21. The average molecular weight is 478 g/mol. The first-order chi connectivity index (χ1) is 17.1. The van der Waals surface area contributed by atoms with Crippen molar-refractivity contribution >= 4 is 18.5 Å². The van der Waals surface area contributed by atoms with Crippen LogP contribution in [0.15, 0.2) is 85.5 Å². The fraction of sp³-hybridized carbons (Fsp3) is 0.321. The van der Waals surface area contributed by atoms with Crippen LogP contribution < -0.4 is 0 Å². The molecule has 0 unspecified atom stereocenters. The number of rotatable bonds is 11. The standard InChI is InChI=1S/C28H31NO6/c1-2-16-28(18-10-19-30)17-9-15-25(22-35-27(32)34-21-24-13-7-4-8-14-24)29(28)26(31)33-20-23-11-5-3-6-12-23/h2-9,11-14,17,19,25H,1,10,15-16,18,20-22H2/t25-,28+/m1/s1. The minimum absolute atomic E-state index is 0.0710. The minimum Gasteiger partial charge on any atom is -0.445 e. The predicted octanol–water partition coefficient (Wildman–Crippen LogP) is 5.60. The molecular weight excluding hydrogens is 446 g/mol. The van der Waals surface area contributed by atoms with Gasteiger partial charge in [-0.1, -0.05) is 78.9 Å². The van der Waals surface area contributed by atoms with E-state index in [0.29, 0.717) is 19.3 Å². The molecule has 0 radical (unpaired) electrons. The molecule has 0 saturated heterocycles. The van der Waals surface area contributed by atoms with Crippen molar-refractivity contribution in [2.24, 2.45) is 0 Å². The number of hydrogen-bond acceptors (Lipinski definition) is 6. The van der Waals surface area contributed by atoms with E-state index in [0.717, 1.165) is 17.4 Å². The molecule has 7 nitrogen and oxygen atoms in total. The van der Waals surface area contributed by atoms with Crippen molar-refractivity contribution in [3.63, 3.8) is 0 Å². The quantitative estimate of drug-likeness (QED) is 0.238. The highest BCUT2D eigenvalue weighted by Crippen LogP contribution is 2.35. The molecule has 2 aromatic carbocycles. The zero-order chi connectivity index (χ0) is 24.9. The highest BCUT2D eigenvalue weighted by Gasteiger charge is 2.44. The molecule has 184 valence electrons. The molecule has 1 heterocycles. The van der Waals surface area contributed by atoms with Crippen LogP contribution in [0.2, 0.25) is 0 Å². The second kappa shape index (κ2) is 13.1. The van der Waals surface area contributed by atoms with Gasteiger partial charge in [-0.2, -0.15) is 0 Å². The highest BCUT2D eigenvalue weighted by molar-refractivity contribution is 5.70. The van der Waals surface area contributed by atoms with Gasteiger partial charge in [-0.05, 0) is 30.4 Å². The van der Waals surface area contributed by atoms with Crippen molar-refractivity contribution in [3.05, 3.63) is 96.6 Å². The van der Waals surface area contributed by atoms with Gasteiger partial charge in [-0.25, -0.2) is 9.59 Å². The third kappa shape index (κ3) is 7.30. The molecular formula is C28H31NO6. The summed E-state index contributed by atoms with van der Waals surface area (Å²) >= 11 is 0. The Morgan fingerprint density at radius 2 is 1.60 bits per heavy atom. The second-order valence-corrected chi connectivity index (χ2v) is 8.34. The fourth-order valence-corrected chi connectivity index (χ4v) is 4.21. The van der Waals surface area contributed by atoms with E-state index in [1.54, 1.807) is 11.0 Å². The van der Waals surface area contributed by atoms with Crippen molar-refractivity contribution in [1.29, 1.82) is 0 Å². The molecule has 2 aromatic rings. The predicted molar refractivity (Wildman–Crippen MR) is 131 cm³/mol. The lowest BCUT2D eigenvalue weighted by Gasteiger charge is -2.47. The van der Waals surface area contributed by atoms with E-state index in [2.05, 4.69) is 6.58 Å². The Balaban J connectivity index is 1.72. The summed E-state index contributed by atoms with van der Waals surface area (Å²) in [6.45, 7) is 3.96. The molecule has 3 rings (SSSR count). The largest absolute Gasteiger partial charge is 0.508 e. The lowest BCUT2D eigenvalue weighted by molar-refractivity contribution is -0.108. The third-order valence-electron chi connectivity index (χ3n) is 5.87. The molecule has 0 saturated carbocycles. The van der Waals surface area contributed by atoms with Crippen LogP contribution in [0.25, 0.3) is 0 Å². The van der Waals surface area contributed by atoms with E-state index in [9.17, 15) is 14.4 Å². The molecule has 2 atom stereocenters. The number of ether oxygens (including phenoxy) is 3. The zero-order valence-corrected chi connectivity index (χ0v) is 19.7. The lowest BCUT2D eigenvalue weighted by atomic mass is 9.82. The minimum atomic E-state index is -0.816. The maximum Gasteiger partial charge on any atom is 0.508 e. The molecule has 1 amide bonds. The summed E-state index contributed by atoms with van der Waals surface area (Å²) in [6.07, 6.45) is 6.59. The van der Waals surface area contributed by atoms with E-state index >= 15 is 0 Å². The first-order valence-corrected chi connectivity index (χ1v) is 11.6. The third-order valence-corrected chi connectivity index (χ3v) is 5.87. The van der Waals surface area contributed by atoms with Gasteiger partial charge >= 0.3 is 12.2 Å². The summed E-state index contributed by atoms with van der Waals surface area (Å²) in [7, 11) is 0. The van der Waals surface area contributed by atoms with Crippen LogP contribution in [0.4, 0.5) is 9.59 Å². The van der Waals surface area contributed by atoms with Crippen LogP contribution in [-0.2, 0) is 32.2 Å². The molecule has 0 N–H and O–H groups in total. The van der Waals surface area contributed by atoms with E-state index in [4.69, 9.17) is 14.2 Å². The Kier molecular flexibility index (Phi) is 9.66. The van der Waals surface area contributed by atoms with E-state index in [-0.39, 0.29) is 26.2 Å². The van der Waals surface area contributed by atoms with Crippen LogP contribution in [0.1, 0.15) is 36.8 Å². The number of aldehydes is 1. The second-order valence-electron chi connectivity index (χ2n) is 8.34. The van der Waals surface area contributed by atoms with Gasteiger partial charge in [0.2, 0.25) is 0 Å². The summed E-state index contributed by atoms with van der Waals surface area (Å²) < 4.78 is 16.2. The monoisotopic (exact) mass is 477 g/mol. The number of amides is 1. The van der Waals surface area contributed by atoms with Crippen molar-refractivity contribution in [3.8, 4) is 0 Å². The SMILES string of the molecule is C=CC[C@@]1(CCC=O)C=CC[C@H](COC(=O)OCc2ccccc2)N1C(=O)OCc1ccccc1. The van der Waals surface area contributed by atoms with Gasteiger partial charge in [0.05, 0.1) is 11.6 Å². The van der Waals surface area contributed by atoms with Gasteiger partial charge < -0.3 is 19.0 Å². The van der Waals surface area contributed by atoms with Crippen LogP contribution in [0.5, 0.6) is 0 Å². The molecule has 7 heteroatoms. The molecule has 0 bridgehead atoms. The molecule has 0 spiro atoms. The van der Waals surface area contributed by atoms with E-state index in [1.807, 2.05) is 72.8 Å². The Morgan fingerprint density at radius 1 is 0.971 bits per heavy atom. The molecule has 0 fully saturated rings. The average Bonchev–Trinajstić information content (AvgIpc) is 2.89. The molecule has 1 aliphatic heterocycles. The highest BCUT2D eigenvalue weighted by atomic mass is 16.7. The van der Waals surface area contributed by atoms with Gasteiger partial charge in [-0.15, -0.1) is 6.58 Å². The van der Waals surface area contributed by atoms with Crippen molar-refractivity contribution in [1.82, 2.24) is 4.90 Å². The van der Waals surface area contributed by atoms with Gasteiger partial charge in [-0.3, -0.25) is 4.90 Å². The molecule has 0 aromatic heterocycles. The van der Waals surface area contributed by atoms with Crippen molar-refractivity contribution in [2.75, 3.05) is 6.61 Å². The zero-order valence-electron chi connectivity index (χ0n) is 19.7. The number of carbonyl (C=O) groups excluding carboxylic acids is 3. The molecule has 0 aliphatic carbocycles. The van der Waals surface area contributed by atoms with Crippen LogP contribution in [0, 0.1) is 0 Å². The normalized spacial score (nSPS) is 19.0. The number of hydrogen-bond donors (Lipinski definition) is 0. The van der Waals surface area contributed by atoms with Gasteiger partial charge in [0.1, 0.15) is 26.1 Å². The smallest absolute Gasteiger partial charge is 0.445 e. The van der Waals surface area contributed by atoms with Crippen LogP contribution >= 0.6 is 0 Å². The van der Waals surface area contributed by atoms with E-state index < -0.39 is 23.8 Å². The summed E-state index contributed by atoms with van der Waals surface area (Å²) in [4.78, 5) is 38.4. The van der Waals surface area contributed by atoms with Gasteiger partial charge in [0.15, 0.2) is 0 Å². The molecule has 35 heavy (non-hydrogen) atoms. The van der Waals surface area contributed by atoms with Crippen molar-refractivity contribution in [2.45, 2.75) is 50.5 Å². The van der Waals surface area contributed by atoms with Crippen LogP contribution in [-0.4, -0.2) is 41.6 Å². The van der Waals surface area contributed by atoms with Gasteiger partial charge in [0.25, 0.3) is 0 Å². The topological polar surface area (TPSA) is 82.1 Å². The Bertz CT molecular complexity index is 1010. The first-order valence-electron chi connectivity index (χ1n) is 11.6. The first kappa shape index (κ1) is 25.7. The lowest BCUT2D eigenvalue weighted by Crippen LogP contribution is -2.58. The maximum atomic E-state index is 13.4. The Labute approximate surface area is 206 Å². The number of nitrogens with zero attached hydrogens (tertiary/aromatic N) is 1. The number of benzene rings is 2.